The molecule has 7 nitrogen and oxygen atoms in total. The summed E-state index contributed by atoms with van der Waals surface area (Å²) in [6, 6.07) is 16.0. The summed E-state index contributed by atoms with van der Waals surface area (Å²) in [5.41, 5.74) is 1.29. The molecule has 6 rings (SSSR count). The quantitative estimate of drug-likeness (QED) is 0.394. The summed E-state index contributed by atoms with van der Waals surface area (Å²) in [4.78, 5) is 27.2. The fourth-order valence-corrected chi connectivity index (χ4v) is 9.39. The number of hydrogen-bond acceptors (Lipinski definition) is 5. The molecule has 0 radical (unpaired) electrons. The van der Waals surface area contributed by atoms with Gasteiger partial charge in [0.2, 0.25) is 0 Å². The number of sulfonamides is 1. The summed E-state index contributed by atoms with van der Waals surface area (Å²) in [6.45, 7) is 2.65. The van der Waals surface area contributed by atoms with Crippen LogP contribution in [-0.2, 0) is 20.2 Å². The first-order valence-electron chi connectivity index (χ1n) is 13.5. The monoisotopic (exact) mass is 582 g/mol. The normalized spacial score (nSPS) is 23.5. The van der Waals surface area contributed by atoms with Crippen LogP contribution in [0, 0.1) is 11.7 Å². The van der Waals surface area contributed by atoms with Crippen molar-refractivity contribution in [1.82, 2.24) is 9.21 Å². The van der Waals surface area contributed by atoms with Crippen LogP contribution in [0.2, 0.25) is 5.02 Å². The molecule has 2 fully saturated rings. The van der Waals surface area contributed by atoms with Crippen molar-refractivity contribution in [3.8, 4) is 0 Å². The Morgan fingerprint density at radius 1 is 1.02 bits per heavy atom. The predicted octanol–water partition coefficient (Wildman–Crippen LogP) is 5.39. The first-order chi connectivity index (χ1) is 19.1. The summed E-state index contributed by atoms with van der Waals surface area (Å²) in [5.74, 6) is -1.42. The molecule has 1 aliphatic carbocycles. The highest BCUT2D eigenvalue weighted by Crippen LogP contribution is 2.62. The van der Waals surface area contributed by atoms with Gasteiger partial charge in [-0.15, -0.1) is 3.89 Å². The molecule has 40 heavy (non-hydrogen) atoms. The zero-order chi connectivity index (χ0) is 28.3. The van der Waals surface area contributed by atoms with Crippen molar-refractivity contribution in [2.75, 3.05) is 18.4 Å². The molecule has 2 amide bonds. The highest BCUT2D eigenvalue weighted by molar-refractivity contribution is 7.91. The van der Waals surface area contributed by atoms with Crippen molar-refractivity contribution in [1.29, 1.82) is 0 Å². The van der Waals surface area contributed by atoms with Crippen LogP contribution in [0.1, 0.15) is 48.5 Å². The van der Waals surface area contributed by atoms with Crippen molar-refractivity contribution in [3.63, 3.8) is 0 Å². The number of quaternary nitrogens is 1. The molecule has 1 saturated heterocycles. The van der Waals surface area contributed by atoms with Gasteiger partial charge in [-0.3, -0.25) is 4.79 Å². The van der Waals surface area contributed by atoms with E-state index in [0.717, 1.165) is 30.5 Å². The number of carbonyl (C=O) groups excluding carboxylic acids is 2. The van der Waals surface area contributed by atoms with Gasteiger partial charge in [-0.1, -0.05) is 23.7 Å². The van der Waals surface area contributed by atoms with Gasteiger partial charge in [0.25, 0.3) is 5.91 Å². The number of rotatable bonds is 5. The Balaban J connectivity index is 1.57. The number of anilines is 1. The lowest BCUT2D eigenvalue weighted by atomic mass is 9.68. The first-order valence-corrected chi connectivity index (χ1v) is 15.3. The maximum Gasteiger partial charge on any atom is 0.339 e. The molecule has 2 atom stereocenters. The molecular weight excluding hydrogens is 553 g/mol. The summed E-state index contributed by atoms with van der Waals surface area (Å²) in [5, 5.41) is 6.63. The van der Waals surface area contributed by atoms with Crippen LogP contribution in [0.25, 0.3) is 0 Å². The van der Waals surface area contributed by atoms with E-state index in [1.165, 1.54) is 19.1 Å². The zero-order valence-electron chi connectivity index (χ0n) is 22.0. The lowest BCUT2D eigenvalue weighted by Crippen LogP contribution is -2.67. The summed E-state index contributed by atoms with van der Waals surface area (Å²) < 4.78 is 42.3. The third-order valence-electron chi connectivity index (χ3n) is 8.76. The topological polar surface area (TPSA) is 92.3 Å². The van der Waals surface area contributed by atoms with Gasteiger partial charge in [-0.05, 0) is 87.3 Å². The number of hydrogen-bond donors (Lipinski definition) is 2. The Hall–Kier alpha value is -3.11. The predicted molar refractivity (Wildman–Crippen MR) is 152 cm³/mol. The largest absolute Gasteiger partial charge is 0.339 e. The second-order valence-corrected chi connectivity index (χ2v) is 13.4. The third kappa shape index (κ3) is 3.94. The molecule has 1 spiro atoms. The van der Waals surface area contributed by atoms with Crippen molar-refractivity contribution >= 4 is 44.8 Å². The van der Waals surface area contributed by atoms with Crippen LogP contribution in [-0.4, -0.2) is 39.4 Å². The average molecular weight is 583 g/mol. The van der Waals surface area contributed by atoms with Crippen LogP contribution in [0.15, 0.2) is 71.6 Å². The number of fused-ring (bicyclic) bond motifs is 2. The molecular formula is C30H30ClFN3O4S+. The number of nitrogens with zero attached hydrogens (tertiary/aromatic N) is 1. The van der Waals surface area contributed by atoms with E-state index < -0.39 is 37.1 Å². The number of carbonyl (C=O) groups is 2. The van der Waals surface area contributed by atoms with E-state index in [1.54, 1.807) is 42.5 Å². The summed E-state index contributed by atoms with van der Waals surface area (Å²) in [6.07, 6.45) is 2.89. The van der Waals surface area contributed by atoms with E-state index >= 15 is 0 Å². The molecule has 208 valence electrons. The van der Waals surface area contributed by atoms with Gasteiger partial charge in [-0.2, -0.15) is 8.42 Å². The van der Waals surface area contributed by atoms with Crippen LogP contribution in [0.5, 0.6) is 0 Å². The minimum absolute atomic E-state index is 0.0185. The number of nitrogens with one attached hydrogen (secondary N) is 2. The van der Waals surface area contributed by atoms with Crippen molar-refractivity contribution in [2.45, 2.75) is 49.0 Å². The van der Waals surface area contributed by atoms with Gasteiger partial charge < -0.3 is 10.6 Å². The summed E-state index contributed by atoms with van der Waals surface area (Å²) in [7, 11) is -4.36. The molecule has 3 aromatic carbocycles. The van der Waals surface area contributed by atoms with E-state index in [1.807, 2.05) is 0 Å². The van der Waals surface area contributed by atoms with Crippen LogP contribution < -0.4 is 14.5 Å². The highest BCUT2D eigenvalue weighted by Gasteiger charge is 2.73. The number of benzene rings is 3. The lowest BCUT2D eigenvalue weighted by Gasteiger charge is -2.43. The van der Waals surface area contributed by atoms with Gasteiger partial charge in [-0.25, -0.2) is 9.18 Å². The molecule has 0 bridgehead atoms. The van der Waals surface area contributed by atoms with Gasteiger partial charge in [0.1, 0.15) is 16.8 Å². The molecule has 10 heteroatoms. The highest BCUT2D eigenvalue weighted by atomic mass is 35.5. The van der Waals surface area contributed by atoms with E-state index in [4.69, 9.17) is 11.6 Å². The Morgan fingerprint density at radius 3 is 2.33 bits per heavy atom. The summed E-state index contributed by atoms with van der Waals surface area (Å²) >= 11 is 6.27. The SMILES string of the molecule is CC(=O)[N+]1(S(=O)(=O)c2ccc(F)cc2)c2ccc(C(=O)Nc3ccccc3Cl)cc2C2(CCNCC2)C1C1CC1. The molecule has 0 aromatic heterocycles. The van der Waals surface area contributed by atoms with Crippen molar-refractivity contribution in [2.24, 2.45) is 5.92 Å². The standard InChI is InChI=1S/C30H29ClFN3O4S/c1-19(36)35(40(38,39)23-11-9-22(32)10-12-23)27-13-8-21(29(37)34-26-5-3-2-4-25(26)31)18-24(27)30(14-16-33-17-15-30)28(35)20-6-7-20/h2-5,8-13,18,20,28,33H,6-7,14-17H2,1H3/p+1. The van der Waals surface area contributed by atoms with E-state index in [0.29, 0.717) is 47.9 Å². The van der Waals surface area contributed by atoms with Gasteiger partial charge in [0.15, 0.2) is 5.69 Å². The minimum Gasteiger partial charge on any atom is -0.321 e. The maximum absolute atomic E-state index is 14.7. The first kappa shape index (κ1) is 27.1. The zero-order valence-corrected chi connectivity index (χ0v) is 23.6. The van der Waals surface area contributed by atoms with Gasteiger partial charge >= 0.3 is 15.9 Å². The molecule has 1 saturated carbocycles. The van der Waals surface area contributed by atoms with E-state index in [9.17, 15) is 22.4 Å². The Morgan fingerprint density at radius 2 is 1.70 bits per heavy atom. The van der Waals surface area contributed by atoms with Crippen molar-refractivity contribution in [3.05, 3.63) is 88.7 Å². The smallest absolute Gasteiger partial charge is 0.321 e. The number of piperidine rings is 1. The Labute approximate surface area is 238 Å². The van der Waals surface area contributed by atoms with Crippen LogP contribution in [0.3, 0.4) is 0 Å². The maximum atomic E-state index is 14.7. The molecule has 3 aromatic rings. The van der Waals surface area contributed by atoms with Crippen LogP contribution >= 0.6 is 11.6 Å². The molecule has 2 N–H and O–H groups in total. The lowest BCUT2D eigenvalue weighted by molar-refractivity contribution is -0.126. The molecule has 2 heterocycles. The second-order valence-electron chi connectivity index (χ2n) is 11.0. The van der Waals surface area contributed by atoms with Gasteiger partial charge in [0.05, 0.1) is 23.0 Å². The van der Waals surface area contributed by atoms with Gasteiger partial charge in [0, 0.05) is 23.1 Å². The molecule has 2 unspecified atom stereocenters. The molecule has 3 aliphatic rings. The molecule has 2 aliphatic heterocycles. The second kappa shape index (κ2) is 9.76. The number of halogens is 2. The minimum atomic E-state index is -4.36. The Kier molecular flexibility index (Phi) is 6.61. The van der Waals surface area contributed by atoms with E-state index in [2.05, 4.69) is 10.6 Å². The fraction of sp³-hybridized carbons (Fsp3) is 0.333. The fourth-order valence-electron chi connectivity index (χ4n) is 6.96. The number of amides is 2. The van der Waals surface area contributed by atoms with Crippen molar-refractivity contribution < 1.29 is 22.4 Å². The van der Waals surface area contributed by atoms with E-state index in [-0.39, 0.29) is 16.7 Å². The third-order valence-corrected chi connectivity index (χ3v) is 11.4. The van der Waals surface area contributed by atoms with Crippen LogP contribution in [0.4, 0.5) is 15.8 Å². The number of para-hydroxylation sites is 1. The Bertz CT molecular complexity index is 1620. The average Bonchev–Trinajstić information content (AvgIpc) is 3.74.